The van der Waals surface area contributed by atoms with Crippen molar-refractivity contribution in [3.63, 3.8) is 0 Å². The van der Waals surface area contributed by atoms with Crippen molar-refractivity contribution in [2.45, 2.75) is 19.8 Å². The molecule has 17 heavy (non-hydrogen) atoms. The Morgan fingerprint density at radius 2 is 2.29 bits per heavy atom. The van der Waals surface area contributed by atoms with E-state index in [0.29, 0.717) is 23.6 Å². The Hall–Kier alpha value is -1.55. The molecule has 0 aliphatic rings. The molecule has 0 aliphatic heterocycles. The molecule has 0 heterocycles. The first-order valence-corrected chi connectivity index (χ1v) is 5.98. The smallest absolute Gasteiger partial charge is 0.224 e. The summed E-state index contributed by atoms with van der Waals surface area (Å²) < 4.78 is 0. The molecule has 5 heteroatoms. The van der Waals surface area contributed by atoms with Crippen LogP contribution in [0.1, 0.15) is 19.8 Å². The second kappa shape index (κ2) is 6.91. The number of amidine groups is 1. The minimum absolute atomic E-state index is 0.000977. The molecule has 1 aromatic rings. The summed E-state index contributed by atoms with van der Waals surface area (Å²) in [5.41, 5.74) is 6.93. The lowest BCUT2D eigenvalue weighted by Crippen LogP contribution is -2.12. The van der Waals surface area contributed by atoms with Crippen molar-refractivity contribution in [3.05, 3.63) is 24.3 Å². The maximum absolute atomic E-state index is 11.4. The molecule has 0 saturated carbocycles. The molecule has 0 aromatic heterocycles. The summed E-state index contributed by atoms with van der Waals surface area (Å²) in [6, 6.07) is 7.17. The highest BCUT2D eigenvalue weighted by atomic mass is 35.5. The van der Waals surface area contributed by atoms with E-state index in [0.717, 1.165) is 6.42 Å². The third kappa shape index (κ3) is 4.87. The summed E-state index contributed by atoms with van der Waals surface area (Å²) in [6.45, 7) is 1.96. The van der Waals surface area contributed by atoms with Gasteiger partial charge in [0, 0.05) is 12.1 Å². The summed E-state index contributed by atoms with van der Waals surface area (Å²) in [5.74, 6) is 0.537. The number of benzene rings is 1. The number of carbonyl (C=O) groups excluding carboxylic acids is 1. The van der Waals surface area contributed by atoms with Crippen LogP contribution in [0.3, 0.4) is 0 Å². The van der Waals surface area contributed by atoms with Crippen molar-refractivity contribution in [2.24, 2.45) is 10.7 Å². The van der Waals surface area contributed by atoms with Crippen LogP contribution in [0.25, 0.3) is 0 Å². The Morgan fingerprint density at radius 3 is 2.94 bits per heavy atom. The van der Waals surface area contributed by atoms with Gasteiger partial charge >= 0.3 is 0 Å². The van der Waals surface area contributed by atoms with Gasteiger partial charge in [0.25, 0.3) is 0 Å². The van der Waals surface area contributed by atoms with E-state index < -0.39 is 0 Å². The van der Waals surface area contributed by atoms with E-state index in [2.05, 4.69) is 10.3 Å². The van der Waals surface area contributed by atoms with Crippen molar-refractivity contribution in [1.82, 2.24) is 0 Å². The molecule has 1 amide bonds. The van der Waals surface area contributed by atoms with Gasteiger partial charge in [0.15, 0.2) is 0 Å². The largest absolute Gasteiger partial charge is 0.386 e. The Balaban J connectivity index is 2.76. The number of aliphatic imine (C=N–C) groups is 1. The van der Waals surface area contributed by atoms with Crippen LogP contribution < -0.4 is 11.1 Å². The first-order chi connectivity index (χ1) is 8.15. The number of carbonyl (C=O) groups is 1. The molecule has 0 bridgehead atoms. The zero-order chi connectivity index (χ0) is 12.7. The molecule has 0 unspecified atom stereocenters. The van der Waals surface area contributed by atoms with Crippen LogP contribution in [-0.4, -0.2) is 17.6 Å². The molecule has 0 spiro atoms. The lowest BCUT2D eigenvalue weighted by molar-refractivity contribution is -0.116. The molecule has 0 fully saturated rings. The van der Waals surface area contributed by atoms with Gasteiger partial charge in [0.1, 0.15) is 5.84 Å². The second-order valence-corrected chi connectivity index (χ2v) is 3.85. The predicted octanol–water partition coefficient (Wildman–Crippen LogP) is 2.65. The van der Waals surface area contributed by atoms with Gasteiger partial charge in [-0.3, -0.25) is 4.79 Å². The number of nitrogens with zero attached hydrogens (tertiary/aromatic N) is 1. The van der Waals surface area contributed by atoms with Crippen molar-refractivity contribution in [1.29, 1.82) is 0 Å². The van der Waals surface area contributed by atoms with Crippen molar-refractivity contribution in [3.8, 4) is 0 Å². The molecule has 3 N–H and O–H groups in total. The van der Waals surface area contributed by atoms with Crippen LogP contribution in [0, 0.1) is 0 Å². The highest BCUT2D eigenvalue weighted by Gasteiger charge is 2.01. The monoisotopic (exact) mass is 253 g/mol. The fraction of sp³-hybridized carbons (Fsp3) is 0.333. The van der Waals surface area contributed by atoms with Crippen LogP contribution >= 0.6 is 11.6 Å². The average molecular weight is 254 g/mol. The third-order valence-corrected chi connectivity index (χ3v) is 2.29. The zero-order valence-electron chi connectivity index (χ0n) is 9.74. The quantitative estimate of drug-likeness (QED) is 0.481. The summed E-state index contributed by atoms with van der Waals surface area (Å²) in [5, 5.41) is 2.79. The van der Waals surface area contributed by atoms with E-state index in [1.807, 2.05) is 19.1 Å². The Kier molecular flexibility index (Phi) is 5.49. The Bertz CT molecular complexity index is 418. The van der Waals surface area contributed by atoms with Crippen LogP contribution in [0.2, 0.25) is 0 Å². The number of nitrogens with two attached hydrogens (primary N) is 1. The van der Waals surface area contributed by atoms with Crippen LogP contribution in [0.4, 0.5) is 11.4 Å². The van der Waals surface area contributed by atoms with Gasteiger partial charge in [-0.2, -0.15) is 0 Å². The van der Waals surface area contributed by atoms with E-state index in [1.54, 1.807) is 12.1 Å². The van der Waals surface area contributed by atoms with E-state index >= 15 is 0 Å². The number of rotatable bonds is 5. The number of amides is 1. The normalized spacial score (nSPS) is 11.3. The number of hydrogen-bond acceptors (Lipinski definition) is 2. The standard InChI is InChI=1S/C12H16ClN3O/c1-2-4-12(17)16-10-6-3-5-9(7-10)15-11(14)8-13/h3,5-7H,2,4,8H2,1H3,(H2,14,15)(H,16,17). The van der Waals surface area contributed by atoms with E-state index in [-0.39, 0.29) is 11.8 Å². The number of nitrogens with one attached hydrogen (secondary N) is 1. The molecule has 0 radical (unpaired) electrons. The third-order valence-electron chi connectivity index (χ3n) is 2.02. The maximum Gasteiger partial charge on any atom is 0.224 e. The molecule has 4 nitrogen and oxygen atoms in total. The van der Waals surface area contributed by atoms with Gasteiger partial charge in [0.05, 0.1) is 11.6 Å². The number of anilines is 1. The predicted molar refractivity (Wildman–Crippen MR) is 72.0 cm³/mol. The Labute approximate surface area is 106 Å². The highest BCUT2D eigenvalue weighted by molar-refractivity contribution is 6.28. The molecule has 1 rings (SSSR count). The molecule has 0 saturated heterocycles. The maximum atomic E-state index is 11.4. The minimum atomic E-state index is -0.000977. The molecule has 92 valence electrons. The second-order valence-electron chi connectivity index (χ2n) is 3.59. The van der Waals surface area contributed by atoms with Crippen LogP contribution in [0.15, 0.2) is 29.3 Å². The van der Waals surface area contributed by atoms with E-state index in [1.165, 1.54) is 0 Å². The highest BCUT2D eigenvalue weighted by Crippen LogP contribution is 2.18. The van der Waals surface area contributed by atoms with Crippen molar-refractivity contribution in [2.75, 3.05) is 11.2 Å². The zero-order valence-corrected chi connectivity index (χ0v) is 10.5. The van der Waals surface area contributed by atoms with Crippen molar-refractivity contribution >= 4 is 34.7 Å². The topological polar surface area (TPSA) is 67.5 Å². The summed E-state index contributed by atoms with van der Waals surface area (Å²) in [6.07, 6.45) is 1.33. The molecule has 1 aromatic carbocycles. The van der Waals surface area contributed by atoms with Crippen LogP contribution in [-0.2, 0) is 4.79 Å². The van der Waals surface area contributed by atoms with Crippen molar-refractivity contribution < 1.29 is 4.79 Å². The minimum Gasteiger partial charge on any atom is -0.386 e. The van der Waals surface area contributed by atoms with Gasteiger partial charge in [-0.15, -0.1) is 11.6 Å². The van der Waals surface area contributed by atoms with Gasteiger partial charge in [-0.25, -0.2) is 4.99 Å². The summed E-state index contributed by atoms with van der Waals surface area (Å²) in [7, 11) is 0. The number of alkyl halides is 1. The molecular weight excluding hydrogens is 238 g/mol. The summed E-state index contributed by atoms with van der Waals surface area (Å²) >= 11 is 5.54. The van der Waals surface area contributed by atoms with E-state index in [4.69, 9.17) is 17.3 Å². The average Bonchev–Trinajstić information content (AvgIpc) is 2.29. The fourth-order valence-corrected chi connectivity index (χ4v) is 1.36. The first kappa shape index (κ1) is 13.5. The van der Waals surface area contributed by atoms with Gasteiger partial charge < -0.3 is 11.1 Å². The molecule has 0 aliphatic carbocycles. The van der Waals surface area contributed by atoms with Gasteiger partial charge in [0.2, 0.25) is 5.91 Å². The Morgan fingerprint density at radius 1 is 1.53 bits per heavy atom. The number of halogens is 1. The lowest BCUT2D eigenvalue weighted by Gasteiger charge is -2.05. The lowest BCUT2D eigenvalue weighted by atomic mass is 10.2. The fourth-order valence-electron chi connectivity index (χ4n) is 1.30. The van der Waals surface area contributed by atoms with Gasteiger partial charge in [-0.1, -0.05) is 13.0 Å². The first-order valence-electron chi connectivity index (χ1n) is 5.44. The van der Waals surface area contributed by atoms with Gasteiger partial charge in [-0.05, 0) is 24.6 Å². The van der Waals surface area contributed by atoms with Crippen LogP contribution in [0.5, 0.6) is 0 Å². The SMILES string of the molecule is CCCC(=O)Nc1cccc(N=C(N)CCl)c1. The molecular formula is C12H16ClN3O. The van der Waals surface area contributed by atoms with E-state index in [9.17, 15) is 4.79 Å². The molecule has 0 atom stereocenters. The number of hydrogen-bond donors (Lipinski definition) is 2. The summed E-state index contributed by atoms with van der Waals surface area (Å²) in [4.78, 5) is 15.5.